The van der Waals surface area contributed by atoms with Crippen molar-refractivity contribution in [2.75, 3.05) is 33.2 Å². The molecule has 0 N–H and O–H groups in total. The first-order chi connectivity index (χ1) is 19.9. The smallest absolute Gasteiger partial charge is 0.411 e. The van der Waals surface area contributed by atoms with Crippen LogP contribution in [0.5, 0.6) is 0 Å². The number of piperidine rings is 1. The molecule has 0 radical (unpaired) electrons. The van der Waals surface area contributed by atoms with Gasteiger partial charge in [0.1, 0.15) is 23.4 Å². The minimum Gasteiger partial charge on any atom is -0.464 e. The number of furan rings is 1. The van der Waals surface area contributed by atoms with Crippen molar-refractivity contribution in [1.29, 1.82) is 5.26 Å². The van der Waals surface area contributed by atoms with Gasteiger partial charge in [0, 0.05) is 44.2 Å². The van der Waals surface area contributed by atoms with E-state index in [1.807, 2.05) is 7.05 Å². The van der Waals surface area contributed by atoms with Crippen LogP contribution in [-0.4, -0.2) is 83.4 Å². The third kappa shape index (κ3) is 6.36. The zero-order valence-electron chi connectivity index (χ0n) is 24.8. The van der Waals surface area contributed by atoms with E-state index in [-0.39, 0.29) is 36.5 Å². The number of likely N-dealkylation sites (tertiary alicyclic amines) is 1. The van der Waals surface area contributed by atoms with E-state index in [9.17, 15) is 19.6 Å². The van der Waals surface area contributed by atoms with E-state index < -0.39 is 29.5 Å². The minimum atomic E-state index is -0.742. The lowest BCUT2D eigenvalue weighted by Gasteiger charge is -2.35. The highest BCUT2D eigenvalue weighted by atomic mass is 19.1. The summed E-state index contributed by atoms with van der Waals surface area (Å²) in [5, 5.41) is 9.86. The van der Waals surface area contributed by atoms with Crippen LogP contribution in [-0.2, 0) is 16.0 Å². The van der Waals surface area contributed by atoms with Crippen LogP contribution < -0.4 is 0 Å². The molecule has 2 aromatic rings. The van der Waals surface area contributed by atoms with Gasteiger partial charge in [0.05, 0.1) is 23.6 Å². The minimum absolute atomic E-state index is 0.0247. The summed E-state index contributed by atoms with van der Waals surface area (Å²) >= 11 is 0. The number of hydrogen-bond donors (Lipinski definition) is 0. The van der Waals surface area contributed by atoms with Crippen LogP contribution >= 0.6 is 0 Å². The monoisotopic (exact) mass is 578 g/mol. The van der Waals surface area contributed by atoms with Crippen molar-refractivity contribution in [3.05, 3.63) is 47.5 Å². The Balaban J connectivity index is 1.23. The summed E-state index contributed by atoms with van der Waals surface area (Å²) in [5.41, 5.74) is 0.537. The van der Waals surface area contributed by atoms with E-state index in [0.717, 1.165) is 32.4 Å². The molecule has 42 heavy (non-hydrogen) atoms. The van der Waals surface area contributed by atoms with Crippen molar-refractivity contribution in [1.82, 2.24) is 14.7 Å². The van der Waals surface area contributed by atoms with Crippen LogP contribution in [0, 0.1) is 29.0 Å². The summed E-state index contributed by atoms with van der Waals surface area (Å²) < 4.78 is 26.4. The van der Waals surface area contributed by atoms with Crippen molar-refractivity contribution in [2.24, 2.45) is 11.8 Å². The van der Waals surface area contributed by atoms with Crippen LogP contribution in [0.2, 0.25) is 0 Å². The van der Waals surface area contributed by atoms with Crippen LogP contribution in [0.3, 0.4) is 0 Å². The van der Waals surface area contributed by atoms with Gasteiger partial charge in [-0.1, -0.05) is 12.1 Å². The highest BCUT2D eigenvalue weighted by Gasteiger charge is 2.52. The van der Waals surface area contributed by atoms with E-state index >= 15 is 4.39 Å². The van der Waals surface area contributed by atoms with Crippen molar-refractivity contribution < 1.29 is 27.9 Å². The number of piperazine rings is 1. The number of Topliss-reactive ketones (excluding diaryl/α,β-unsaturated/α-hetero) is 1. The number of nitrogens with zero attached hydrogens (tertiary/aromatic N) is 4. The molecule has 3 fully saturated rings. The van der Waals surface area contributed by atoms with Gasteiger partial charge in [-0.05, 0) is 77.1 Å². The summed E-state index contributed by atoms with van der Waals surface area (Å²) in [6, 6.07) is 7.77. The van der Waals surface area contributed by atoms with Crippen molar-refractivity contribution in [2.45, 2.75) is 70.6 Å². The second-order valence-electron chi connectivity index (χ2n) is 12.9. The molecule has 1 saturated carbocycles. The number of halogens is 1. The molecule has 2 saturated heterocycles. The lowest BCUT2D eigenvalue weighted by atomic mass is 9.87. The van der Waals surface area contributed by atoms with Crippen LogP contribution in [0.15, 0.2) is 34.9 Å². The molecular weight excluding hydrogens is 539 g/mol. The molecule has 9 nitrogen and oxygen atoms in total. The predicted molar refractivity (Wildman–Crippen MR) is 153 cm³/mol. The lowest BCUT2D eigenvalue weighted by molar-refractivity contribution is -0.126. The Bertz CT molecular complexity index is 1380. The van der Waals surface area contributed by atoms with E-state index in [1.54, 1.807) is 48.8 Å². The first kappa shape index (κ1) is 29.8. The Morgan fingerprint density at radius 3 is 2.55 bits per heavy atom. The molecule has 2 amide bonds. The number of fused-ring (bicyclic) bond motifs is 2. The van der Waals surface area contributed by atoms with Crippen LogP contribution in [0.1, 0.15) is 62.4 Å². The summed E-state index contributed by atoms with van der Waals surface area (Å²) in [5.74, 6) is -1.11. The maximum Gasteiger partial charge on any atom is 0.411 e. The van der Waals surface area contributed by atoms with Gasteiger partial charge < -0.3 is 19.0 Å². The first-order valence-electron chi connectivity index (χ1n) is 14.7. The Morgan fingerprint density at radius 2 is 1.88 bits per heavy atom. The third-order valence-corrected chi connectivity index (χ3v) is 8.59. The fourth-order valence-corrected chi connectivity index (χ4v) is 6.43. The molecule has 3 aliphatic rings. The molecule has 5 rings (SSSR count). The van der Waals surface area contributed by atoms with Gasteiger partial charge in [0.15, 0.2) is 5.78 Å². The van der Waals surface area contributed by atoms with E-state index in [2.05, 4.69) is 11.0 Å². The molecule has 2 aliphatic heterocycles. The van der Waals surface area contributed by atoms with E-state index in [4.69, 9.17) is 9.15 Å². The van der Waals surface area contributed by atoms with E-state index in [0.29, 0.717) is 35.5 Å². The highest BCUT2D eigenvalue weighted by Crippen LogP contribution is 2.44. The van der Waals surface area contributed by atoms with Gasteiger partial charge >= 0.3 is 6.09 Å². The molecule has 224 valence electrons. The zero-order chi connectivity index (χ0) is 30.2. The molecule has 1 aliphatic carbocycles. The average Bonchev–Trinajstić information content (AvgIpc) is 3.69. The number of ether oxygens (including phenoxy) is 1. The van der Waals surface area contributed by atoms with Gasteiger partial charge in [0.25, 0.3) is 5.91 Å². The molecule has 4 atom stereocenters. The number of likely N-dealkylation sites (N-methyl/N-ethyl adjacent to an activating group) is 1. The number of hydrogen-bond acceptors (Lipinski definition) is 7. The third-order valence-electron chi connectivity index (χ3n) is 8.59. The average molecular weight is 579 g/mol. The van der Waals surface area contributed by atoms with Gasteiger partial charge in [-0.25, -0.2) is 9.18 Å². The van der Waals surface area contributed by atoms with Crippen molar-refractivity contribution >= 4 is 17.8 Å². The number of ketones is 1. The topological polar surface area (TPSA) is 107 Å². The lowest BCUT2D eigenvalue weighted by Crippen LogP contribution is -2.51. The molecular formula is C32H39FN4O5. The number of rotatable bonds is 7. The number of carbonyl (C=O) groups excluding carboxylic acids is 3. The Kier molecular flexibility index (Phi) is 8.42. The van der Waals surface area contributed by atoms with Crippen LogP contribution in [0.25, 0.3) is 11.3 Å². The van der Waals surface area contributed by atoms with Crippen LogP contribution in [0.4, 0.5) is 9.18 Å². The van der Waals surface area contributed by atoms with Gasteiger partial charge in [-0.2, -0.15) is 5.26 Å². The second kappa shape index (κ2) is 11.9. The standard InChI is InChI=1S/C32H39FN4O5/c1-32(2,3)42-31(40)37-25-8-7-23(15-25)29(37)27(38)14-20(18-34)13-21-5-6-22(16-26(21)33)28-17-24(19-41-28)30(39)36-11-9-35(4)10-12-36/h5-6,16-17,19-20,23,25,29H,7-15H2,1-4H3/t20-,23+,25-,29+/m1/s1. The number of amides is 2. The molecule has 0 unspecified atom stereocenters. The number of nitriles is 1. The van der Waals surface area contributed by atoms with Gasteiger partial charge in [0.2, 0.25) is 0 Å². The molecule has 1 aromatic carbocycles. The number of benzene rings is 1. The fraction of sp³-hybridized carbons (Fsp3) is 0.562. The zero-order valence-corrected chi connectivity index (χ0v) is 24.8. The fourth-order valence-electron chi connectivity index (χ4n) is 6.43. The molecule has 0 spiro atoms. The van der Waals surface area contributed by atoms with Gasteiger partial charge in [-0.3, -0.25) is 14.5 Å². The molecule has 3 heterocycles. The maximum atomic E-state index is 15.2. The highest BCUT2D eigenvalue weighted by molar-refractivity contribution is 5.95. The quantitative estimate of drug-likeness (QED) is 0.460. The van der Waals surface area contributed by atoms with Gasteiger partial charge in [-0.15, -0.1) is 0 Å². The number of carbonyl (C=O) groups is 3. The van der Waals surface area contributed by atoms with Crippen molar-refractivity contribution in [3.63, 3.8) is 0 Å². The first-order valence-corrected chi connectivity index (χ1v) is 14.7. The SMILES string of the molecule is CN1CCN(C(=O)c2coc(-c3ccc(C[C@@H](C#N)CC(=O)[C@@H]4[C@H]5CC[C@H](C5)N4C(=O)OC(C)(C)C)c(F)c3)c2)CC1. The Morgan fingerprint density at radius 1 is 1.14 bits per heavy atom. The molecule has 2 bridgehead atoms. The maximum absolute atomic E-state index is 15.2. The Labute approximate surface area is 246 Å². The summed E-state index contributed by atoms with van der Waals surface area (Å²) in [6.07, 6.45) is 3.37. The second-order valence-corrected chi connectivity index (χ2v) is 12.9. The van der Waals surface area contributed by atoms with Crippen molar-refractivity contribution in [3.8, 4) is 17.4 Å². The van der Waals surface area contributed by atoms with E-state index in [1.165, 1.54) is 12.3 Å². The normalized spacial score (nSPS) is 23.1. The summed E-state index contributed by atoms with van der Waals surface area (Å²) in [6.45, 7) is 8.28. The summed E-state index contributed by atoms with van der Waals surface area (Å²) in [4.78, 5) is 44.8. The summed E-state index contributed by atoms with van der Waals surface area (Å²) in [7, 11) is 2.02. The molecule has 10 heteroatoms. The Hall–Kier alpha value is -3.71. The molecule has 1 aromatic heterocycles. The largest absolute Gasteiger partial charge is 0.464 e. The predicted octanol–water partition coefficient (Wildman–Crippen LogP) is 4.90.